The topological polar surface area (TPSA) is 72.0 Å². The molecule has 0 radical (unpaired) electrons. The van der Waals surface area contributed by atoms with Gasteiger partial charge in [0.25, 0.3) is 0 Å². The summed E-state index contributed by atoms with van der Waals surface area (Å²) in [6.07, 6.45) is 5.37. The third-order valence-electron chi connectivity index (χ3n) is 2.74. The van der Waals surface area contributed by atoms with Crippen LogP contribution in [0, 0.1) is 0 Å². The number of nitrogens with zero attached hydrogens (tertiary/aromatic N) is 3. The Bertz CT molecular complexity index is 556. The van der Waals surface area contributed by atoms with Crippen LogP contribution in [0.1, 0.15) is 12.8 Å². The van der Waals surface area contributed by atoms with Gasteiger partial charge in [0, 0.05) is 32.1 Å². The fraction of sp³-hybridized carbons (Fsp3) is 0.417. The van der Waals surface area contributed by atoms with Crippen molar-refractivity contribution in [2.75, 3.05) is 25.5 Å². The third kappa shape index (κ3) is 4.30. The maximum Gasteiger partial charge on any atom is 0.360 e. The number of anilines is 1. The van der Waals surface area contributed by atoms with Crippen molar-refractivity contribution in [1.29, 1.82) is 0 Å². The average molecular weight is 294 g/mol. The van der Waals surface area contributed by atoms with Crippen LogP contribution < -0.4 is 10.5 Å². The summed E-state index contributed by atoms with van der Waals surface area (Å²) >= 11 is 5.98. The van der Waals surface area contributed by atoms with Crippen LogP contribution in [-0.2, 0) is 4.65 Å². The van der Waals surface area contributed by atoms with Crippen molar-refractivity contribution in [3.8, 4) is 0 Å². The molecule has 6 nitrogen and oxygen atoms in total. The minimum absolute atomic E-state index is 0.419. The van der Waals surface area contributed by atoms with E-state index in [0.717, 1.165) is 37.0 Å². The minimum atomic E-state index is 0.419. The number of halogens is 1. The van der Waals surface area contributed by atoms with E-state index in [-0.39, 0.29) is 0 Å². The lowest BCUT2D eigenvalue weighted by Gasteiger charge is -2.08. The molecule has 0 unspecified atom stereocenters. The summed E-state index contributed by atoms with van der Waals surface area (Å²) in [6.45, 7) is 1.74. The zero-order valence-corrected chi connectivity index (χ0v) is 12.2. The second-order valence-corrected chi connectivity index (χ2v) is 4.67. The van der Waals surface area contributed by atoms with E-state index in [1.165, 1.54) is 0 Å². The van der Waals surface area contributed by atoms with Gasteiger partial charge in [-0.2, -0.15) is 0 Å². The Kier molecular flexibility index (Phi) is 5.98. The van der Waals surface area contributed by atoms with Gasteiger partial charge in [0.2, 0.25) is 0 Å². The molecule has 2 rings (SSSR count). The molecule has 0 aliphatic rings. The minimum Gasteiger partial charge on any atom is -0.427 e. The summed E-state index contributed by atoms with van der Waals surface area (Å²) in [5.41, 5.74) is 1.49. The summed E-state index contributed by atoms with van der Waals surface area (Å²) in [4.78, 5) is 12.8. The van der Waals surface area contributed by atoms with Crippen molar-refractivity contribution in [3.05, 3.63) is 23.6 Å². The molecule has 0 aromatic carbocycles. The molecule has 0 fully saturated rings. The van der Waals surface area contributed by atoms with Crippen molar-refractivity contribution < 1.29 is 4.65 Å². The molecular weight excluding hydrogens is 276 g/mol. The fourth-order valence-corrected chi connectivity index (χ4v) is 2.01. The molecule has 0 saturated carbocycles. The van der Waals surface area contributed by atoms with E-state index in [9.17, 15) is 0 Å². The number of hydrogen-bond acceptors (Lipinski definition) is 6. The van der Waals surface area contributed by atoms with E-state index in [4.69, 9.17) is 16.3 Å². The smallest absolute Gasteiger partial charge is 0.360 e. The zero-order valence-electron chi connectivity index (χ0n) is 11.4. The molecule has 0 spiro atoms. The van der Waals surface area contributed by atoms with Crippen molar-refractivity contribution in [2.45, 2.75) is 12.8 Å². The average Bonchev–Trinajstić information content (AvgIpc) is 2.46. The number of rotatable bonds is 8. The van der Waals surface area contributed by atoms with Gasteiger partial charge in [0.05, 0.1) is 5.52 Å². The number of hydrogen-bond donors (Lipinski definition) is 2. The molecule has 20 heavy (non-hydrogen) atoms. The summed E-state index contributed by atoms with van der Waals surface area (Å²) in [7, 11) is 2.26. The molecule has 2 heterocycles. The molecule has 2 aromatic rings. The van der Waals surface area contributed by atoms with Crippen LogP contribution >= 0.6 is 11.6 Å². The largest absolute Gasteiger partial charge is 0.427 e. The number of unbranched alkanes of at least 4 members (excludes halogenated alkanes) is 1. The highest BCUT2D eigenvalue weighted by molar-refractivity contribution is 6.30. The molecule has 0 atom stereocenters. The van der Waals surface area contributed by atoms with Crippen LogP contribution in [0.5, 0.6) is 0 Å². The van der Waals surface area contributed by atoms with Crippen molar-refractivity contribution in [1.82, 2.24) is 20.2 Å². The Morgan fingerprint density at radius 3 is 2.90 bits per heavy atom. The van der Waals surface area contributed by atoms with Crippen LogP contribution in [-0.4, -0.2) is 42.8 Å². The van der Waals surface area contributed by atoms with Crippen LogP contribution in [0.4, 0.5) is 5.82 Å². The standard InChI is InChI=1S/C12H17BClN5O/c1-20-13-18-5-3-2-4-17-12-11-9(8-10(14)19-12)15-6-7-16-11/h6-8,13,18H,2-5H2,1H3,(H,17,19). The van der Waals surface area contributed by atoms with Crippen molar-refractivity contribution in [3.63, 3.8) is 0 Å². The lowest BCUT2D eigenvalue weighted by atomic mass is 10.2. The predicted octanol–water partition coefficient (Wildman–Crippen LogP) is 1.37. The highest BCUT2D eigenvalue weighted by Crippen LogP contribution is 2.20. The molecule has 2 N–H and O–H groups in total. The van der Waals surface area contributed by atoms with Gasteiger partial charge in [-0.25, -0.2) is 9.97 Å². The van der Waals surface area contributed by atoms with Crippen molar-refractivity contribution >= 4 is 36.1 Å². The summed E-state index contributed by atoms with van der Waals surface area (Å²) < 4.78 is 4.91. The number of pyridine rings is 1. The van der Waals surface area contributed by atoms with E-state index >= 15 is 0 Å². The lowest BCUT2D eigenvalue weighted by Crippen LogP contribution is -2.22. The van der Waals surface area contributed by atoms with E-state index in [0.29, 0.717) is 18.6 Å². The van der Waals surface area contributed by atoms with E-state index < -0.39 is 0 Å². The summed E-state index contributed by atoms with van der Waals surface area (Å²) in [5.74, 6) is 0.686. The highest BCUT2D eigenvalue weighted by Gasteiger charge is 2.06. The Balaban J connectivity index is 1.86. The van der Waals surface area contributed by atoms with E-state index in [1.54, 1.807) is 25.6 Å². The quantitative estimate of drug-likeness (QED) is 0.435. The summed E-state index contributed by atoms with van der Waals surface area (Å²) in [6, 6.07) is 1.71. The van der Waals surface area contributed by atoms with Gasteiger partial charge in [-0.1, -0.05) is 11.6 Å². The zero-order chi connectivity index (χ0) is 14.2. The molecule has 2 aromatic heterocycles. The number of nitrogens with one attached hydrogen (secondary N) is 2. The third-order valence-corrected chi connectivity index (χ3v) is 2.94. The normalized spacial score (nSPS) is 10.7. The Morgan fingerprint density at radius 1 is 1.25 bits per heavy atom. The molecular formula is C12H17BClN5O. The highest BCUT2D eigenvalue weighted by atomic mass is 35.5. The molecule has 8 heteroatoms. The van der Waals surface area contributed by atoms with Gasteiger partial charge in [-0.3, -0.25) is 4.98 Å². The second-order valence-electron chi connectivity index (χ2n) is 4.28. The molecule has 0 saturated heterocycles. The van der Waals surface area contributed by atoms with Crippen LogP contribution in [0.15, 0.2) is 18.5 Å². The Morgan fingerprint density at radius 2 is 2.05 bits per heavy atom. The first-order valence-corrected chi connectivity index (χ1v) is 6.90. The summed E-state index contributed by atoms with van der Waals surface area (Å²) in [5, 5.41) is 6.84. The first-order chi connectivity index (χ1) is 9.81. The fourth-order valence-electron chi connectivity index (χ4n) is 1.82. The van der Waals surface area contributed by atoms with Crippen LogP contribution in [0.2, 0.25) is 5.15 Å². The van der Waals surface area contributed by atoms with Gasteiger partial charge in [0.15, 0.2) is 5.82 Å². The number of aromatic nitrogens is 3. The maximum absolute atomic E-state index is 5.98. The Labute approximate surface area is 123 Å². The lowest BCUT2D eigenvalue weighted by molar-refractivity contribution is 0.430. The van der Waals surface area contributed by atoms with Gasteiger partial charge in [-0.15, -0.1) is 0 Å². The van der Waals surface area contributed by atoms with Gasteiger partial charge >= 0.3 is 7.62 Å². The van der Waals surface area contributed by atoms with Gasteiger partial charge in [-0.05, 0) is 19.4 Å². The van der Waals surface area contributed by atoms with Crippen LogP contribution in [0.25, 0.3) is 11.0 Å². The van der Waals surface area contributed by atoms with Crippen molar-refractivity contribution in [2.24, 2.45) is 0 Å². The van der Waals surface area contributed by atoms with E-state index in [2.05, 4.69) is 25.5 Å². The molecule has 0 aliphatic carbocycles. The molecule has 106 valence electrons. The first-order valence-electron chi connectivity index (χ1n) is 6.52. The first kappa shape index (κ1) is 15.0. The SMILES string of the molecule is COBNCCCCNc1nc(Cl)cc2nccnc12. The van der Waals surface area contributed by atoms with Gasteiger partial charge < -0.3 is 15.2 Å². The Hall–Kier alpha value is -1.44. The number of fused-ring (bicyclic) bond motifs is 1. The predicted molar refractivity (Wildman–Crippen MR) is 82.2 cm³/mol. The molecule has 0 amide bonds. The van der Waals surface area contributed by atoms with Gasteiger partial charge in [0.1, 0.15) is 10.7 Å². The maximum atomic E-state index is 5.98. The molecule has 0 aliphatic heterocycles. The van der Waals surface area contributed by atoms with Crippen LogP contribution in [0.3, 0.4) is 0 Å². The monoisotopic (exact) mass is 293 g/mol. The second kappa shape index (κ2) is 7.99. The van der Waals surface area contributed by atoms with E-state index in [1.807, 2.05) is 0 Å². The molecule has 0 bridgehead atoms.